The molecule has 88 heavy (non-hydrogen) atoms. The number of nitrogens with zero attached hydrogens (tertiary/aromatic N) is 1. The van der Waals surface area contributed by atoms with Crippen molar-refractivity contribution >= 4 is 51.6 Å². The maximum absolute atomic E-state index is 16.0. The number of alkyl halides is 3. The van der Waals surface area contributed by atoms with Gasteiger partial charge in [0, 0.05) is 105 Å². The maximum Gasteiger partial charge on any atom is 0.462 e. The fourth-order valence-electron chi connectivity index (χ4n) is 12.3. The summed E-state index contributed by atoms with van der Waals surface area (Å²) >= 11 is 0. The first-order chi connectivity index (χ1) is 41.8. The van der Waals surface area contributed by atoms with Crippen LogP contribution in [0.25, 0.3) is 0 Å². The summed E-state index contributed by atoms with van der Waals surface area (Å²) in [7, 11) is -15.9. The predicted molar refractivity (Wildman–Crippen MR) is 327 cm³/mol. The van der Waals surface area contributed by atoms with Gasteiger partial charge in [0.1, 0.15) is 53.0 Å². The number of aromatic nitrogens is 1. The minimum atomic E-state index is -4.39. The van der Waals surface area contributed by atoms with E-state index in [-0.39, 0.29) is 91.2 Å². The highest BCUT2D eigenvalue weighted by Crippen LogP contribution is 2.65. The second kappa shape index (κ2) is 23.6. The Morgan fingerprint density at radius 3 is 0.705 bits per heavy atom. The molecule has 0 unspecified atom stereocenters. The van der Waals surface area contributed by atoms with Crippen LogP contribution in [0, 0.1) is 0 Å². The molecule has 452 valence electrons. The quantitative estimate of drug-likeness (QED) is 0.0811. The number of pyridine rings is 1. The van der Waals surface area contributed by atoms with E-state index in [1.54, 1.807) is 133 Å². The Balaban J connectivity index is 0.000000569. The smallest absolute Gasteiger partial charge is 0.462 e. The Labute approximate surface area is 525 Å². The highest BCUT2D eigenvalue weighted by molar-refractivity contribution is 7.64. The van der Waals surface area contributed by atoms with Crippen LogP contribution in [-0.4, -0.2) is 0 Å². The van der Waals surface area contributed by atoms with E-state index in [4.69, 9.17) is 36.2 Å². The van der Waals surface area contributed by atoms with Gasteiger partial charge in [-0.25, -0.2) is 22.8 Å². The van der Waals surface area contributed by atoms with Crippen LogP contribution in [-0.2, 0) is 31.5 Å². The minimum Gasteiger partial charge on any atom is -1.00 e. The van der Waals surface area contributed by atoms with Crippen LogP contribution < -0.4 is 86.0 Å². The first kappa shape index (κ1) is 61.0. The average Bonchev–Trinajstić information content (AvgIpc) is 0.853. The highest BCUT2D eigenvalue weighted by atomic mass is 127. The molecule has 0 radical (unpaired) electrons. The molecule has 5 heterocycles. The molecule has 0 amide bonds. The molecule has 9 aromatic rings. The van der Waals surface area contributed by atoms with Gasteiger partial charge in [-0.05, 0) is 98.5 Å². The number of aryl methyl sites for hydroxylation is 1. The molecule has 4 aliphatic heterocycles. The number of hydrogen-bond donors (Lipinski definition) is 0. The fraction of sp³-hybridized carbons (Fsp3) is 0.209. The molecule has 1 aromatic heterocycles. The van der Waals surface area contributed by atoms with Crippen LogP contribution in [0.5, 0.6) is 46.0 Å². The van der Waals surface area contributed by atoms with Crippen molar-refractivity contribution < 1.29 is 96.2 Å². The van der Waals surface area contributed by atoms with Crippen molar-refractivity contribution in [2.75, 3.05) is 0 Å². The lowest BCUT2D eigenvalue weighted by Gasteiger charge is -2.37. The lowest BCUT2D eigenvalue weighted by Crippen LogP contribution is -3.00. The Kier molecular flexibility index (Phi) is 16.4. The SMILES string of the molecule is CCC1c2cc3c4cc2OP(=O)(c2ccccc2)Oc2cc5c(cc21)C(CC)c1cc2c(cc1OP(=O)(c1ccccc1)O5)OP(=O)(c1ccccc1)Oc1cc(c(cc1C2CC)C3CC)OP(=O)(c1ccccc1)O4.C[n+]1ccc(C(F)(F)F)cc1.[I-]. The van der Waals surface area contributed by atoms with Gasteiger partial charge in [-0.3, -0.25) is 0 Å². The Morgan fingerprint density at radius 1 is 0.341 bits per heavy atom. The van der Waals surface area contributed by atoms with E-state index in [0.717, 1.165) is 12.1 Å². The van der Waals surface area contributed by atoms with Gasteiger partial charge >= 0.3 is 36.6 Å². The van der Waals surface area contributed by atoms with Crippen LogP contribution in [0.3, 0.4) is 0 Å². The molecule has 0 fully saturated rings. The molecular weight excluding hydrogens is 1320 g/mol. The molecule has 8 aromatic carbocycles. The molecule has 0 atom stereocenters. The van der Waals surface area contributed by atoms with Gasteiger partial charge in [-0.2, -0.15) is 13.2 Å². The van der Waals surface area contributed by atoms with Crippen molar-refractivity contribution in [3.8, 4) is 46.0 Å². The summed E-state index contributed by atoms with van der Waals surface area (Å²) in [5, 5.41) is 1.12. The first-order valence-electron chi connectivity index (χ1n) is 28.8. The van der Waals surface area contributed by atoms with Gasteiger partial charge in [0.05, 0.1) is 26.8 Å². The van der Waals surface area contributed by atoms with E-state index in [9.17, 15) is 13.2 Å². The molecule has 14 rings (SSSR count). The summed E-state index contributed by atoms with van der Waals surface area (Å²) in [4.78, 5) is 0. The topological polar surface area (TPSA) is 146 Å². The Bertz CT molecular complexity index is 3720. The van der Waals surface area contributed by atoms with Gasteiger partial charge < -0.3 is 60.2 Å². The number of hydrogen-bond acceptors (Lipinski definition) is 12. The number of benzene rings is 8. The van der Waals surface area contributed by atoms with Crippen molar-refractivity contribution in [1.29, 1.82) is 0 Å². The lowest BCUT2D eigenvalue weighted by molar-refractivity contribution is -0.671. The standard InChI is InChI=1S/C60H52O12P4.C7H7F3N.HI/c1-5-41-45-29-47-42(6-2)49-31-51-44(8-4)52-32-50-43(7-3)48-30-46(41)54-34-56(48)68-75(63,39-25-17-11-18-26-39)70-58(50)36-60(52)72-76(64,40-27-19-12-20-28-40)71-59(51)35-57(49)69-74(62,38-23-15-10-16-24-38)67-55(47)33-53(45)65-73(61,66-54)37-21-13-9-14-22-37;1-11-4-2-6(3-5-11)7(8,9)10;/h9-36,41-44H,5-8H2,1-4H3;2-5H,1H3;1H/q;+1;/p-1. The number of rotatable bonds is 8. The second-order valence-electron chi connectivity index (χ2n) is 21.9. The molecule has 0 N–H and O–H groups in total. The van der Waals surface area contributed by atoms with Crippen molar-refractivity contribution in [2.45, 2.75) is 83.2 Å². The Morgan fingerprint density at radius 2 is 0.534 bits per heavy atom. The average molecular weight is 1380 g/mol. The maximum atomic E-state index is 16.0. The van der Waals surface area contributed by atoms with Crippen molar-refractivity contribution in [3.63, 3.8) is 0 Å². The second-order valence-corrected chi connectivity index (χ2v) is 29.4. The van der Waals surface area contributed by atoms with Gasteiger partial charge in [0.2, 0.25) is 0 Å². The summed E-state index contributed by atoms with van der Waals surface area (Å²) in [6.07, 6.45) is 0.591. The summed E-state index contributed by atoms with van der Waals surface area (Å²) < 4.78 is 156. The van der Waals surface area contributed by atoms with Crippen molar-refractivity contribution in [2.24, 2.45) is 7.05 Å². The van der Waals surface area contributed by atoms with Gasteiger partial charge in [-0.1, -0.05) is 100 Å². The van der Waals surface area contributed by atoms with Crippen molar-refractivity contribution in [3.05, 3.63) is 244 Å². The molecule has 0 saturated heterocycles. The lowest BCUT2D eigenvalue weighted by atomic mass is 9.77. The van der Waals surface area contributed by atoms with Crippen molar-refractivity contribution in [1.82, 2.24) is 0 Å². The van der Waals surface area contributed by atoms with Crippen LogP contribution in [0.15, 0.2) is 194 Å². The van der Waals surface area contributed by atoms with Gasteiger partial charge in [0.25, 0.3) is 0 Å². The molecular formula is C67H59F3INO12P4. The molecule has 21 heteroatoms. The van der Waals surface area contributed by atoms with E-state index in [0.29, 0.717) is 70.2 Å². The minimum absolute atomic E-state index is 0. The van der Waals surface area contributed by atoms with Crippen LogP contribution in [0.1, 0.15) is 127 Å². The monoisotopic (exact) mass is 1380 g/mol. The third-order valence-electron chi connectivity index (χ3n) is 16.5. The third kappa shape index (κ3) is 10.9. The van der Waals surface area contributed by atoms with E-state index >= 15 is 18.3 Å². The van der Waals surface area contributed by atoms with E-state index in [1.165, 1.54) is 12.4 Å². The van der Waals surface area contributed by atoms with Gasteiger partial charge in [-0.15, -0.1) is 0 Å². The van der Waals surface area contributed by atoms with E-state index in [1.807, 2.05) is 48.5 Å². The molecule has 8 bridgehead atoms. The van der Waals surface area contributed by atoms with Crippen LogP contribution >= 0.6 is 30.4 Å². The molecule has 13 nitrogen and oxygen atoms in total. The first-order valence-corrected chi connectivity index (χ1v) is 34.9. The largest absolute Gasteiger partial charge is 1.00 e. The molecule has 5 aliphatic rings. The van der Waals surface area contributed by atoms with Crippen LogP contribution in [0.2, 0.25) is 0 Å². The third-order valence-corrected chi connectivity index (χ3v) is 23.8. The van der Waals surface area contributed by atoms with E-state index < -0.39 is 65.8 Å². The number of halogens is 4. The molecule has 0 saturated carbocycles. The van der Waals surface area contributed by atoms with Gasteiger partial charge in [0.15, 0.2) is 12.4 Å². The molecule has 0 spiro atoms. The zero-order chi connectivity index (χ0) is 60.6. The van der Waals surface area contributed by atoms with E-state index in [2.05, 4.69) is 27.7 Å². The fourth-order valence-corrected chi connectivity index (χ4v) is 18.8. The Hall–Kier alpha value is -7.25. The highest BCUT2D eigenvalue weighted by Gasteiger charge is 2.47. The zero-order valence-corrected chi connectivity index (χ0v) is 54.0. The zero-order valence-electron chi connectivity index (χ0n) is 48.3. The summed E-state index contributed by atoms with van der Waals surface area (Å²) in [5.74, 6) is -0.113. The normalized spacial score (nSPS) is 24.0. The summed E-state index contributed by atoms with van der Waals surface area (Å²) in [6, 6.07) is 51.9. The molecule has 1 aliphatic carbocycles. The predicted octanol–water partition coefficient (Wildman–Crippen LogP) is 13.9. The summed E-state index contributed by atoms with van der Waals surface area (Å²) in [6.45, 7) is 8.29. The van der Waals surface area contributed by atoms with Crippen LogP contribution in [0.4, 0.5) is 13.2 Å². The summed E-state index contributed by atoms with van der Waals surface area (Å²) in [5.41, 5.74) is 4.95.